The van der Waals surface area contributed by atoms with Crippen LogP contribution < -0.4 is 10.3 Å². The highest BCUT2D eigenvalue weighted by atomic mass is 19.1. The first kappa shape index (κ1) is 20.1. The predicted octanol–water partition coefficient (Wildman–Crippen LogP) is 4.02. The maximum atomic E-state index is 13.5. The molecule has 30 heavy (non-hydrogen) atoms. The van der Waals surface area contributed by atoms with Crippen LogP contribution in [-0.2, 0) is 24.3 Å². The topological polar surface area (TPSA) is 70.4 Å². The first-order valence-electron chi connectivity index (χ1n) is 10.1. The van der Waals surface area contributed by atoms with Gasteiger partial charge < -0.3 is 9.47 Å². The lowest BCUT2D eigenvalue weighted by Gasteiger charge is -2.16. The fourth-order valence-electron chi connectivity index (χ4n) is 3.81. The van der Waals surface area contributed by atoms with E-state index in [4.69, 9.17) is 9.47 Å². The van der Waals surface area contributed by atoms with E-state index in [1.165, 1.54) is 25.3 Å². The number of carbonyl (C=O) groups is 1. The quantitative estimate of drug-likeness (QED) is 0.608. The Bertz CT molecular complexity index is 1160. The monoisotopic (exact) mass is 410 g/mol. The Balaban J connectivity index is 1.60. The Morgan fingerprint density at radius 1 is 1.13 bits per heavy atom. The number of ether oxygens (including phenoxy) is 2. The Hall–Kier alpha value is -3.22. The molecular weight excluding hydrogens is 387 g/mol. The molecule has 0 radical (unpaired) electrons. The summed E-state index contributed by atoms with van der Waals surface area (Å²) in [5.41, 5.74) is 1.15. The molecule has 6 nitrogen and oxygen atoms in total. The second-order valence-corrected chi connectivity index (χ2v) is 7.41. The zero-order valence-corrected chi connectivity index (χ0v) is 16.8. The number of hydrogen-bond donors (Lipinski definition) is 0. The summed E-state index contributed by atoms with van der Waals surface area (Å²) in [5, 5.41) is 0.489. The third-order valence-electron chi connectivity index (χ3n) is 5.40. The molecule has 0 aliphatic carbocycles. The van der Waals surface area contributed by atoms with Crippen molar-refractivity contribution < 1.29 is 18.7 Å². The van der Waals surface area contributed by atoms with E-state index in [1.54, 1.807) is 22.8 Å². The summed E-state index contributed by atoms with van der Waals surface area (Å²) in [6.45, 7) is 0.550. The van der Waals surface area contributed by atoms with Gasteiger partial charge in [0.15, 0.2) is 0 Å². The molecule has 0 bridgehead atoms. The number of benzene rings is 2. The summed E-state index contributed by atoms with van der Waals surface area (Å²) in [7, 11) is 1.47. The van der Waals surface area contributed by atoms with Gasteiger partial charge in [0.1, 0.15) is 24.0 Å². The number of fused-ring (bicyclic) bond motifs is 2. The Morgan fingerprint density at radius 3 is 2.80 bits per heavy atom. The van der Waals surface area contributed by atoms with E-state index in [9.17, 15) is 14.0 Å². The van der Waals surface area contributed by atoms with Gasteiger partial charge in [-0.05, 0) is 49.2 Å². The van der Waals surface area contributed by atoms with E-state index in [0.29, 0.717) is 34.3 Å². The number of halogens is 1. The molecule has 0 spiro atoms. The van der Waals surface area contributed by atoms with Crippen molar-refractivity contribution in [2.75, 3.05) is 7.11 Å². The fraction of sp³-hybridized carbons (Fsp3) is 0.348. The molecule has 1 aliphatic heterocycles. The highest BCUT2D eigenvalue weighted by molar-refractivity contribution is 5.94. The molecule has 1 aromatic heterocycles. The van der Waals surface area contributed by atoms with Gasteiger partial charge >= 0.3 is 5.97 Å². The van der Waals surface area contributed by atoms with Crippen molar-refractivity contribution in [3.8, 4) is 5.75 Å². The summed E-state index contributed by atoms with van der Waals surface area (Å²) in [5.74, 6) is 0.198. The minimum Gasteiger partial charge on any atom is -0.496 e. The van der Waals surface area contributed by atoms with Gasteiger partial charge in [-0.1, -0.05) is 12.8 Å². The van der Waals surface area contributed by atoms with Crippen LogP contribution in [0, 0.1) is 5.82 Å². The molecule has 2 aromatic carbocycles. The van der Waals surface area contributed by atoms with Crippen LogP contribution in [0.3, 0.4) is 0 Å². The lowest BCUT2D eigenvalue weighted by atomic mass is 10.1. The minimum absolute atomic E-state index is 0.0682. The molecule has 0 amide bonds. The van der Waals surface area contributed by atoms with E-state index < -0.39 is 11.8 Å². The number of aryl methyl sites for hydroxylation is 1. The molecule has 0 saturated carbocycles. The van der Waals surface area contributed by atoms with Gasteiger partial charge in [-0.15, -0.1) is 0 Å². The average Bonchev–Trinajstić information content (AvgIpc) is 2.73. The number of nitrogens with zero attached hydrogens (tertiary/aromatic N) is 2. The Kier molecular flexibility index (Phi) is 5.79. The van der Waals surface area contributed by atoms with Crippen LogP contribution in [0.15, 0.2) is 41.2 Å². The van der Waals surface area contributed by atoms with E-state index in [2.05, 4.69) is 4.98 Å². The van der Waals surface area contributed by atoms with E-state index >= 15 is 0 Å². The van der Waals surface area contributed by atoms with Crippen molar-refractivity contribution in [1.29, 1.82) is 0 Å². The van der Waals surface area contributed by atoms with Gasteiger partial charge in [-0.3, -0.25) is 9.36 Å². The van der Waals surface area contributed by atoms with Gasteiger partial charge in [0, 0.05) is 18.5 Å². The lowest BCUT2D eigenvalue weighted by Crippen LogP contribution is -2.26. The summed E-state index contributed by atoms with van der Waals surface area (Å²) in [6, 6.07) is 8.80. The molecule has 156 valence electrons. The van der Waals surface area contributed by atoms with Gasteiger partial charge in [-0.2, -0.15) is 0 Å². The number of esters is 1. The summed E-state index contributed by atoms with van der Waals surface area (Å²) in [4.78, 5) is 30.1. The normalized spacial score (nSPS) is 13.9. The van der Waals surface area contributed by atoms with E-state index in [-0.39, 0.29) is 12.2 Å². The van der Waals surface area contributed by atoms with Crippen molar-refractivity contribution in [2.24, 2.45) is 0 Å². The molecule has 0 fully saturated rings. The highest BCUT2D eigenvalue weighted by Gasteiger charge is 2.16. The first-order chi connectivity index (χ1) is 14.6. The number of hydrogen-bond acceptors (Lipinski definition) is 5. The SMILES string of the molecule is COc1ccc(F)cc1COC(=O)c1ccc2c(=O)n3c(nc2c1)CCCCCC3. The highest BCUT2D eigenvalue weighted by Crippen LogP contribution is 2.21. The van der Waals surface area contributed by atoms with Crippen LogP contribution >= 0.6 is 0 Å². The summed E-state index contributed by atoms with van der Waals surface area (Å²) in [6.07, 6.45) is 4.96. The van der Waals surface area contributed by atoms with Crippen LogP contribution in [-0.4, -0.2) is 22.6 Å². The molecule has 0 saturated heterocycles. The van der Waals surface area contributed by atoms with E-state index in [1.807, 2.05) is 0 Å². The molecule has 7 heteroatoms. The van der Waals surface area contributed by atoms with Crippen molar-refractivity contribution in [3.05, 3.63) is 69.5 Å². The zero-order valence-electron chi connectivity index (χ0n) is 16.8. The summed E-state index contributed by atoms with van der Waals surface area (Å²) >= 11 is 0. The van der Waals surface area contributed by atoms with Crippen molar-refractivity contribution in [2.45, 2.75) is 45.3 Å². The maximum absolute atomic E-state index is 13.5. The minimum atomic E-state index is -0.572. The zero-order chi connectivity index (χ0) is 21.1. The molecule has 0 unspecified atom stereocenters. The van der Waals surface area contributed by atoms with Crippen LogP contribution in [0.4, 0.5) is 4.39 Å². The number of carbonyl (C=O) groups excluding carboxylic acids is 1. The molecule has 0 atom stereocenters. The number of methoxy groups -OCH3 is 1. The van der Waals surface area contributed by atoms with Crippen molar-refractivity contribution in [1.82, 2.24) is 9.55 Å². The molecule has 1 aliphatic rings. The predicted molar refractivity (Wildman–Crippen MR) is 110 cm³/mol. The molecule has 0 N–H and O–H groups in total. The second kappa shape index (κ2) is 8.65. The van der Waals surface area contributed by atoms with Crippen LogP contribution in [0.1, 0.15) is 47.4 Å². The fourth-order valence-corrected chi connectivity index (χ4v) is 3.81. The largest absolute Gasteiger partial charge is 0.496 e. The number of aromatic nitrogens is 2. The molecular formula is C23H23FN2O4. The van der Waals surface area contributed by atoms with Crippen LogP contribution in [0.2, 0.25) is 0 Å². The maximum Gasteiger partial charge on any atom is 0.338 e. The number of rotatable bonds is 4. The molecule has 2 heterocycles. The van der Waals surface area contributed by atoms with Gasteiger partial charge in [-0.25, -0.2) is 14.2 Å². The second-order valence-electron chi connectivity index (χ2n) is 7.41. The van der Waals surface area contributed by atoms with Gasteiger partial charge in [0.25, 0.3) is 5.56 Å². The standard InChI is InChI=1S/C23H23FN2O4/c1-29-20-10-8-17(24)12-16(20)14-30-23(28)15-7-9-18-19(13-15)25-21-6-4-2-3-5-11-26(21)22(18)27/h7-10,12-13H,2-6,11,14H2,1H3. The summed E-state index contributed by atoms with van der Waals surface area (Å²) < 4.78 is 25.8. The lowest BCUT2D eigenvalue weighted by molar-refractivity contribution is 0.0470. The van der Waals surface area contributed by atoms with Crippen molar-refractivity contribution >= 4 is 16.9 Å². The van der Waals surface area contributed by atoms with Crippen molar-refractivity contribution in [3.63, 3.8) is 0 Å². The third-order valence-corrected chi connectivity index (χ3v) is 5.40. The smallest absolute Gasteiger partial charge is 0.338 e. The van der Waals surface area contributed by atoms with Crippen LogP contribution in [0.25, 0.3) is 10.9 Å². The van der Waals surface area contributed by atoms with E-state index in [0.717, 1.165) is 37.9 Å². The molecule has 4 rings (SSSR count). The Labute approximate surface area is 173 Å². The first-order valence-corrected chi connectivity index (χ1v) is 10.1. The third kappa shape index (κ3) is 4.06. The molecule has 3 aromatic rings. The van der Waals surface area contributed by atoms with Crippen LogP contribution in [0.5, 0.6) is 5.75 Å². The average molecular weight is 410 g/mol. The Morgan fingerprint density at radius 2 is 1.97 bits per heavy atom. The van der Waals surface area contributed by atoms with Gasteiger partial charge in [0.05, 0.1) is 23.6 Å². The van der Waals surface area contributed by atoms with Gasteiger partial charge in [0.2, 0.25) is 0 Å².